The molecule has 1 aromatic carbocycles. The fourth-order valence-corrected chi connectivity index (χ4v) is 4.21. The summed E-state index contributed by atoms with van der Waals surface area (Å²) in [5.74, 6) is 2.31. The van der Waals surface area contributed by atoms with Crippen molar-refractivity contribution in [2.24, 2.45) is 5.92 Å². The van der Waals surface area contributed by atoms with Gasteiger partial charge in [-0.2, -0.15) is 0 Å². The van der Waals surface area contributed by atoms with Crippen LogP contribution >= 0.6 is 11.8 Å². The molecule has 1 amide bonds. The second-order valence-corrected chi connectivity index (χ2v) is 7.92. The maximum absolute atomic E-state index is 12.8. The zero-order valence-corrected chi connectivity index (χ0v) is 16.2. The van der Waals surface area contributed by atoms with Crippen molar-refractivity contribution in [1.82, 2.24) is 10.3 Å². The third-order valence-electron chi connectivity index (χ3n) is 4.88. The summed E-state index contributed by atoms with van der Waals surface area (Å²) in [7, 11) is 1.65. The van der Waals surface area contributed by atoms with Crippen molar-refractivity contribution in [3.05, 3.63) is 53.9 Å². The molecule has 4 nitrogen and oxygen atoms in total. The van der Waals surface area contributed by atoms with Crippen LogP contribution in [-0.4, -0.2) is 24.0 Å². The first kappa shape index (κ1) is 18.8. The Morgan fingerprint density at radius 3 is 2.77 bits per heavy atom. The molecule has 5 heteroatoms. The molecule has 1 saturated carbocycles. The molecule has 0 unspecified atom stereocenters. The summed E-state index contributed by atoms with van der Waals surface area (Å²) in [6.07, 6.45) is 6.30. The van der Waals surface area contributed by atoms with E-state index >= 15 is 0 Å². The molecular weight excluding hydrogens is 344 g/mol. The van der Waals surface area contributed by atoms with E-state index in [-0.39, 0.29) is 5.91 Å². The average molecular weight is 371 g/mol. The maximum Gasteiger partial charge on any atom is 0.252 e. The van der Waals surface area contributed by atoms with E-state index in [4.69, 9.17) is 4.74 Å². The van der Waals surface area contributed by atoms with Crippen molar-refractivity contribution in [3.63, 3.8) is 0 Å². The Kier molecular flexibility index (Phi) is 6.56. The number of nitrogens with zero attached hydrogens (tertiary/aromatic N) is 1. The molecule has 138 valence electrons. The van der Waals surface area contributed by atoms with Gasteiger partial charge in [-0.25, -0.2) is 0 Å². The number of thioether (sulfide) groups is 1. The highest BCUT2D eigenvalue weighted by molar-refractivity contribution is 7.98. The lowest BCUT2D eigenvalue weighted by atomic mass is 9.87. The van der Waals surface area contributed by atoms with Crippen LogP contribution in [0.5, 0.6) is 5.75 Å². The van der Waals surface area contributed by atoms with Crippen molar-refractivity contribution in [3.8, 4) is 5.75 Å². The Morgan fingerprint density at radius 1 is 1.23 bits per heavy atom. The van der Waals surface area contributed by atoms with Crippen molar-refractivity contribution in [2.75, 3.05) is 7.11 Å². The largest absolute Gasteiger partial charge is 0.497 e. The molecule has 2 aromatic rings. The second-order valence-electron chi connectivity index (χ2n) is 6.90. The molecule has 0 radical (unpaired) electrons. The average Bonchev–Trinajstić information content (AvgIpc) is 2.68. The minimum Gasteiger partial charge on any atom is -0.497 e. The topological polar surface area (TPSA) is 51.2 Å². The lowest BCUT2D eigenvalue weighted by Crippen LogP contribution is -2.37. The fraction of sp³-hybridized carbons (Fsp3) is 0.429. The third-order valence-corrected chi connectivity index (χ3v) is 5.99. The van der Waals surface area contributed by atoms with Crippen LogP contribution in [0.15, 0.2) is 47.5 Å². The molecule has 1 aliphatic carbocycles. The zero-order chi connectivity index (χ0) is 18.4. The monoisotopic (exact) mass is 370 g/mol. The van der Waals surface area contributed by atoms with Gasteiger partial charge in [0.15, 0.2) is 0 Å². The van der Waals surface area contributed by atoms with E-state index in [1.165, 1.54) is 12.8 Å². The van der Waals surface area contributed by atoms with Gasteiger partial charge in [-0.05, 0) is 49.8 Å². The zero-order valence-electron chi connectivity index (χ0n) is 15.4. The first-order valence-corrected chi connectivity index (χ1v) is 10.2. The van der Waals surface area contributed by atoms with Crippen LogP contribution in [0, 0.1) is 5.92 Å². The molecule has 0 aliphatic heterocycles. The third kappa shape index (κ3) is 5.01. The maximum atomic E-state index is 12.8. The fourth-order valence-electron chi connectivity index (χ4n) is 3.26. The summed E-state index contributed by atoms with van der Waals surface area (Å²) >= 11 is 1.63. The van der Waals surface area contributed by atoms with Gasteiger partial charge in [0.25, 0.3) is 5.91 Å². The van der Waals surface area contributed by atoms with Gasteiger partial charge in [0.1, 0.15) is 5.75 Å². The number of aromatic nitrogens is 1. The predicted molar refractivity (Wildman–Crippen MR) is 106 cm³/mol. The molecule has 3 rings (SSSR count). The highest BCUT2D eigenvalue weighted by atomic mass is 32.2. The number of carbonyl (C=O) groups is 1. The second kappa shape index (κ2) is 9.08. The van der Waals surface area contributed by atoms with Crippen molar-refractivity contribution >= 4 is 17.7 Å². The first-order chi connectivity index (χ1) is 12.7. The summed E-state index contributed by atoms with van der Waals surface area (Å²) < 4.78 is 5.25. The summed E-state index contributed by atoms with van der Waals surface area (Å²) in [5.41, 5.74) is 1.69. The van der Waals surface area contributed by atoms with E-state index in [1.807, 2.05) is 36.4 Å². The number of carbonyl (C=O) groups excluding carboxylic acids is 1. The number of methoxy groups -OCH3 is 1. The summed E-state index contributed by atoms with van der Waals surface area (Å²) in [4.78, 5) is 18.1. The lowest BCUT2D eigenvalue weighted by molar-refractivity contribution is 0.0920. The van der Waals surface area contributed by atoms with Crippen LogP contribution in [0.1, 0.15) is 48.7 Å². The standard InChI is InChI=1S/C21H26N2O2S/c1-15-7-9-16(10-8-15)23-21(24)19-5-3-4-6-20(19)26-14-17-13-18(25-2)11-12-22-17/h3-6,11-13,15-16H,7-10,14H2,1-2H3,(H,23,24). The quantitative estimate of drug-likeness (QED) is 0.750. The summed E-state index contributed by atoms with van der Waals surface area (Å²) in [6, 6.07) is 11.9. The van der Waals surface area contributed by atoms with Gasteiger partial charge in [-0.1, -0.05) is 19.1 Å². The van der Waals surface area contributed by atoms with E-state index in [0.717, 1.165) is 40.7 Å². The number of hydrogen-bond donors (Lipinski definition) is 1. The molecule has 1 heterocycles. The Balaban J connectivity index is 1.64. The van der Waals surface area contributed by atoms with Crippen molar-refractivity contribution < 1.29 is 9.53 Å². The van der Waals surface area contributed by atoms with Crippen molar-refractivity contribution in [2.45, 2.75) is 49.3 Å². The van der Waals surface area contributed by atoms with E-state index in [0.29, 0.717) is 11.8 Å². The molecule has 1 N–H and O–H groups in total. The van der Waals surface area contributed by atoms with Gasteiger partial charge in [-0.15, -0.1) is 11.8 Å². The molecule has 1 aromatic heterocycles. The van der Waals surface area contributed by atoms with Crippen LogP contribution in [-0.2, 0) is 5.75 Å². The minimum atomic E-state index is 0.0336. The molecule has 0 saturated heterocycles. The normalized spacial score (nSPS) is 19.8. The summed E-state index contributed by atoms with van der Waals surface area (Å²) in [6.45, 7) is 2.29. The minimum absolute atomic E-state index is 0.0336. The van der Waals surface area contributed by atoms with E-state index in [2.05, 4.69) is 17.2 Å². The van der Waals surface area contributed by atoms with Crippen LogP contribution in [0.2, 0.25) is 0 Å². The number of amides is 1. The Labute approximate surface area is 159 Å². The van der Waals surface area contributed by atoms with Gasteiger partial charge in [0.2, 0.25) is 0 Å². The van der Waals surface area contributed by atoms with Gasteiger partial charge < -0.3 is 10.1 Å². The van der Waals surface area contributed by atoms with Gasteiger partial charge >= 0.3 is 0 Å². The molecular formula is C21H26N2O2S. The SMILES string of the molecule is COc1ccnc(CSc2ccccc2C(=O)NC2CCC(C)CC2)c1. The van der Waals surface area contributed by atoms with Gasteiger partial charge in [0.05, 0.1) is 18.4 Å². The number of benzene rings is 1. The molecule has 1 fully saturated rings. The smallest absolute Gasteiger partial charge is 0.252 e. The number of rotatable bonds is 6. The van der Waals surface area contributed by atoms with Gasteiger partial charge in [-0.3, -0.25) is 9.78 Å². The van der Waals surface area contributed by atoms with Crippen molar-refractivity contribution in [1.29, 1.82) is 0 Å². The molecule has 26 heavy (non-hydrogen) atoms. The number of hydrogen-bond acceptors (Lipinski definition) is 4. The van der Waals surface area contributed by atoms with E-state index < -0.39 is 0 Å². The van der Waals surface area contributed by atoms with Crippen LogP contribution in [0.4, 0.5) is 0 Å². The van der Waals surface area contributed by atoms with Crippen LogP contribution in [0.25, 0.3) is 0 Å². The highest BCUT2D eigenvalue weighted by Crippen LogP contribution is 2.28. The van der Waals surface area contributed by atoms with Crippen LogP contribution < -0.4 is 10.1 Å². The van der Waals surface area contributed by atoms with E-state index in [1.54, 1.807) is 25.1 Å². The Morgan fingerprint density at radius 2 is 2.00 bits per heavy atom. The Hall–Kier alpha value is -2.01. The van der Waals surface area contributed by atoms with Gasteiger partial charge in [0, 0.05) is 29.0 Å². The highest BCUT2D eigenvalue weighted by Gasteiger charge is 2.21. The predicted octanol–water partition coefficient (Wildman–Crippen LogP) is 4.69. The number of nitrogens with one attached hydrogen (secondary N) is 1. The van der Waals surface area contributed by atoms with E-state index in [9.17, 15) is 4.79 Å². The molecule has 0 spiro atoms. The molecule has 0 atom stereocenters. The number of ether oxygens (including phenoxy) is 1. The first-order valence-electron chi connectivity index (χ1n) is 9.17. The molecule has 1 aliphatic rings. The number of pyridine rings is 1. The van der Waals surface area contributed by atoms with Crippen LogP contribution in [0.3, 0.4) is 0 Å². The molecule has 0 bridgehead atoms. The lowest BCUT2D eigenvalue weighted by Gasteiger charge is -2.27. The Bertz CT molecular complexity index is 742. The summed E-state index contributed by atoms with van der Waals surface area (Å²) in [5, 5.41) is 3.22.